The van der Waals surface area contributed by atoms with Crippen LogP contribution in [-0.2, 0) is 5.41 Å². The topological polar surface area (TPSA) is 27.0 Å². The third-order valence-corrected chi connectivity index (χ3v) is 3.77. The summed E-state index contributed by atoms with van der Waals surface area (Å²) in [4.78, 5) is 2.35. The lowest BCUT2D eigenvalue weighted by atomic mass is 9.74. The van der Waals surface area contributed by atoms with Crippen LogP contribution >= 0.6 is 0 Å². The van der Waals surface area contributed by atoms with E-state index in [0.717, 1.165) is 38.0 Å². The Kier molecular flexibility index (Phi) is 3.44. The Morgan fingerprint density at radius 1 is 1.29 bits per heavy atom. The largest absolute Gasteiger partial charge is 0.303 e. The molecule has 1 heterocycles. The van der Waals surface area contributed by atoms with Crippen molar-refractivity contribution in [1.29, 1.82) is 5.26 Å². The number of halogens is 1. The fraction of sp³-hybridized carbons (Fsp3) is 0.500. The molecule has 1 saturated heterocycles. The minimum atomic E-state index is -0.417. The van der Waals surface area contributed by atoms with Crippen LogP contribution < -0.4 is 0 Å². The van der Waals surface area contributed by atoms with E-state index in [4.69, 9.17) is 0 Å². The number of piperidine rings is 1. The second-order valence-corrected chi connectivity index (χ2v) is 4.64. The van der Waals surface area contributed by atoms with Crippen molar-refractivity contribution in [3.8, 4) is 6.07 Å². The van der Waals surface area contributed by atoms with E-state index in [1.165, 1.54) is 12.1 Å². The molecule has 1 aliphatic rings. The fourth-order valence-corrected chi connectivity index (χ4v) is 2.48. The standard InChI is InChI=1S/C14H17FN2/c1-2-17-9-7-14(11-16,8-10-17)12-3-5-13(15)6-4-12/h3-6H,2,7-10H2,1H3. The second-order valence-electron chi connectivity index (χ2n) is 4.64. The van der Waals surface area contributed by atoms with Gasteiger partial charge in [0.25, 0.3) is 0 Å². The van der Waals surface area contributed by atoms with Gasteiger partial charge in [0.1, 0.15) is 5.82 Å². The van der Waals surface area contributed by atoms with E-state index >= 15 is 0 Å². The van der Waals surface area contributed by atoms with E-state index < -0.39 is 5.41 Å². The Bertz CT molecular complexity index is 411. The van der Waals surface area contributed by atoms with E-state index in [1.807, 2.05) is 0 Å². The number of hydrogen-bond acceptors (Lipinski definition) is 2. The van der Waals surface area contributed by atoms with Crippen molar-refractivity contribution >= 4 is 0 Å². The normalized spacial score (nSPS) is 19.8. The third kappa shape index (κ3) is 2.32. The average molecular weight is 232 g/mol. The molecule has 0 N–H and O–H groups in total. The first-order valence-electron chi connectivity index (χ1n) is 6.10. The van der Waals surface area contributed by atoms with E-state index in [-0.39, 0.29) is 5.82 Å². The van der Waals surface area contributed by atoms with Gasteiger partial charge in [0.2, 0.25) is 0 Å². The second kappa shape index (κ2) is 4.85. The maximum Gasteiger partial charge on any atom is 0.123 e. The quantitative estimate of drug-likeness (QED) is 0.784. The van der Waals surface area contributed by atoms with Gasteiger partial charge in [0, 0.05) is 0 Å². The van der Waals surface area contributed by atoms with Crippen molar-refractivity contribution in [1.82, 2.24) is 4.90 Å². The van der Waals surface area contributed by atoms with Crippen LogP contribution in [0.15, 0.2) is 24.3 Å². The zero-order chi connectivity index (χ0) is 12.3. The highest BCUT2D eigenvalue weighted by Gasteiger charge is 2.35. The highest BCUT2D eigenvalue weighted by Crippen LogP contribution is 2.34. The Labute approximate surface area is 102 Å². The highest BCUT2D eigenvalue weighted by molar-refractivity contribution is 5.33. The van der Waals surface area contributed by atoms with Crippen LogP contribution in [0.5, 0.6) is 0 Å². The number of rotatable bonds is 2. The molecule has 1 fully saturated rings. The van der Waals surface area contributed by atoms with Gasteiger partial charge in [-0.05, 0) is 50.2 Å². The number of nitrogens with zero attached hydrogens (tertiary/aromatic N) is 2. The molecule has 0 amide bonds. The summed E-state index contributed by atoms with van der Waals surface area (Å²) < 4.78 is 12.9. The fourth-order valence-electron chi connectivity index (χ4n) is 2.48. The van der Waals surface area contributed by atoms with Gasteiger partial charge < -0.3 is 4.90 Å². The summed E-state index contributed by atoms with van der Waals surface area (Å²) in [6, 6.07) is 8.84. The molecule has 1 aromatic rings. The van der Waals surface area contributed by atoms with Gasteiger partial charge in [-0.3, -0.25) is 0 Å². The van der Waals surface area contributed by atoms with E-state index in [9.17, 15) is 9.65 Å². The molecule has 17 heavy (non-hydrogen) atoms. The molecule has 0 radical (unpaired) electrons. The Morgan fingerprint density at radius 2 is 1.88 bits per heavy atom. The summed E-state index contributed by atoms with van der Waals surface area (Å²) >= 11 is 0. The summed E-state index contributed by atoms with van der Waals surface area (Å²) in [6.45, 7) is 5.06. The van der Waals surface area contributed by atoms with Crippen LogP contribution in [0.1, 0.15) is 25.3 Å². The summed E-state index contributed by atoms with van der Waals surface area (Å²) in [5.74, 6) is -0.243. The lowest BCUT2D eigenvalue weighted by Gasteiger charge is -2.37. The maximum atomic E-state index is 12.9. The van der Waals surface area contributed by atoms with Gasteiger partial charge in [-0.25, -0.2) is 4.39 Å². The van der Waals surface area contributed by atoms with E-state index in [0.29, 0.717) is 0 Å². The molecule has 0 spiro atoms. The van der Waals surface area contributed by atoms with Crippen LogP contribution in [-0.4, -0.2) is 24.5 Å². The van der Waals surface area contributed by atoms with Crippen molar-refractivity contribution in [3.63, 3.8) is 0 Å². The lowest BCUT2D eigenvalue weighted by Crippen LogP contribution is -2.41. The molecule has 2 rings (SSSR count). The number of hydrogen-bond donors (Lipinski definition) is 0. The van der Waals surface area contributed by atoms with Crippen molar-refractivity contribution in [3.05, 3.63) is 35.6 Å². The van der Waals surface area contributed by atoms with Gasteiger partial charge in [0.05, 0.1) is 11.5 Å². The predicted octanol–water partition coefficient (Wildman–Crippen LogP) is 2.70. The van der Waals surface area contributed by atoms with Crippen molar-refractivity contribution in [2.24, 2.45) is 0 Å². The van der Waals surface area contributed by atoms with E-state index in [1.54, 1.807) is 12.1 Å². The molecule has 2 nitrogen and oxygen atoms in total. The van der Waals surface area contributed by atoms with Gasteiger partial charge in [-0.15, -0.1) is 0 Å². The molecule has 0 atom stereocenters. The van der Waals surface area contributed by atoms with E-state index in [2.05, 4.69) is 17.9 Å². The van der Waals surface area contributed by atoms with Crippen LogP contribution in [0.4, 0.5) is 4.39 Å². The first-order chi connectivity index (χ1) is 8.20. The van der Waals surface area contributed by atoms with Crippen LogP contribution in [0.2, 0.25) is 0 Å². The maximum absolute atomic E-state index is 12.9. The third-order valence-electron chi connectivity index (χ3n) is 3.77. The molecule has 0 bridgehead atoms. The lowest BCUT2D eigenvalue weighted by molar-refractivity contribution is 0.194. The minimum absolute atomic E-state index is 0.243. The van der Waals surface area contributed by atoms with Gasteiger partial charge in [0.15, 0.2) is 0 Å². The summed E-state index contributed by atoms with van der Waals surface area (Å²) in [5, 5.41) is 9.46. The number of nitriles is 1. The predicted molar refractivity (Wildman–Crippen MR) is 65.0 cm³/mol. The zero-order valence-corrected chi connectivity index (χ0v) is 10.1. The smallest absolute Gasteiger partial charge is 0.123 e. The molecule has 90 valence electrons. The molecule has 0 aliphatic carbocycles. The van der Waals surface area contributed by atoms with Crippen LogP contribution in [0, 0.1) is 17.1 Å². The molecule has 0 aromatic heterocycles. The monoisotopic (exact) mass is 232 g/mol. The molecular weight excluding hydrogens is 215 g/mol. The molecule has 3 heteroatoms. The first kappa shape index (κ1) is 12.1. The Morgan fingerprint density at radius 3 is 2.35 bits per heavy atom. The van der Waals surface area contributed by atoms with Gasteiger partial charge in [-0.2, -0.15) is 5.26 Å². The average Bonchev–Trinajstić information content (AvgIpc) is 2.40. The molecular formula is C14H17FN2. The van der Waals surface area contributed by atoms with Crippen LogP contribution in [0.3, 0.4) is 0 Å². The number of likely N-dealkylation sites (tertiary alicyclic amines) is 1. The SMILES string of the molecule is CCN1CCC(C#N)(c2ccc(F)cc2)CC1. The number of benzene rings is 1. The van der Waals surface area contributed by atoms with Gasteiger partial charge in [-0.1, -0.05) is 19.1 Å². The Balaban J connectivity index is 2.22. The first-order valence-corrected chi connectivity index (χ1v) is 6.10. The summed E-state index contributed by atoms with van der Waals surface area (Å²) in [5.41, 5.74) is 0.538. The Hall–Kier alpha value is -1.40. The zero-order valence-electron chi connectivity index (χ0n) is 10.1. The minimum Gasteiger partial charge on any atom is -0.303 e. The molecule has 0 unspecified atom stereocenters. The van der Waals surface area contributed by atoms with Crippen molar-refractivity contribution in [2.75, 3.05) is 19.6 Å². The summed E-state index contributed by atoms with van der Waals surface area (Å²) in [7, 11) is 0. The highest BCUT2D eigenvalue weighted by atomic mass is 19.1. The molecule has 0 saturated carbocycles. The van der Waals surface area contributed by atoms with Crippen LogP contribution in [0.25, 0.3) is 0 Å². The van der Waals surface area contributed by atoms with Gasteiger partial charge >= 0.3 is 0 Å². The molecule has 1 aliphatic heterocycles. The summed E-state index contributed by atoms with van der Waals surface area (Å²) in [6.07, 6.45) is 1.67. The van der Waals surface area contributed by atoms with Crippen molar-refractivity contribution in [2.45, 2.75) is 25.2 Å². The molecule has 1 aromatic carbocycles. The van der Waals surface area contributed by atoms with Crippen molar-refractivity contribution < 1.29 is 4.39 Å².